The van der Waals surface area contributed by atoms with Crippen molar-refractivity contribution in [3.05, 3.63) is 0 Å². The van der Waals surface area contributed by atoms with E-state index in [9.17, 15) is 0 Å². The van der Waals surface area contributed by atoms with Crippen molar-refractivity contribution < 1.29 is 0 Å². The summed E-state index contributed by atoms with van der Waals surface area (Å²) in [7, 11) is 0. The zero-order chi connectivity index (χ0) is 6.24. The number of hydrogen-bond donors (Lipinski definition) is 0. The molecule has 0 aliphatic heterocycles. The van der Waals surface area contributed by atoms with Crippen molar-refractivity contribution >= 4 is 18.8 Å². The molecule has 0 spiro atoms. The summed E-state index contributed by atoms with van der Waals surface area (Å²) in [5, 5.41) is 7.07. The minimum absolute atomic E-state index is 1.39. The fourth-order valence-electron chi connectivity index (χ4n) is 0.193. The van der Waals surface area contributed by atoms with Gasteiger partial charge in [-0.15, -0.1) is 5.10 Å². The Balaban J connectivity index is 3.35. The van der Waals surface area contributed by atoms with E-state index in [4.69, 9.17) is 0 Å². The predicted octanol–water partition coefficient (Wildman–Crippen LogP) is 1.11. The van der Waals surface area contributed by atoms with Crippen LogP contribution in [-0.4, -0.2) is 18.8 Å². The van der Waals surface area contributed by atoms with E-state index in [-0.39, 0.29) is 0 Å². The molecule has 44 valence electrons. The van der Waals surface area contributed by atoms with Crippen LogP contribution in [0.2, 0.25) is 0 Å². The van der Waals surface area contributed by atoms with Crippen LogP contribution < -0.4 is 0 Å². The van der Waals surface area contributed by atoms with Gasteiger partial charge in [-0.05, 0) is 13.8 Å². The first kappa shape index (κ1) is 7.01. The van der Waals surface area contributed by atoms with Crippen LogP contribution in [0.15, 0.2) is 15.2 Å². The highest BCUT2D eigenvalue weighted by molar-refractivity contribution is 5.70. The van der Waals surface area contributed by atoms with Crippen LogP contribution in [0.5, 0.6) is 0 Å². The topological polar surface area (TPSA) is 37.1 Å². The van der Waals surface area contributed by atoms with Gasteiger partial charge in [0.1, 0.15) is 6.34 Å². The minimum Gasteiger partial charge on any atom is -0.248 e. The zero-order valence-electron chi connectivity index (χ0n) is 5.07. The Kier molecular flexibility index (Phi) is 5.27. The van der Waals surface area contributed by atoms with Crippen LogP contribution in [0, 0.1) is 0 Å². The monoisotopic (exact) mass is 111 g/mol. The Bertz CT molecular complexity index is 98.8. The third kappa shape index (κ3) is 5.01. The second kappa shape index (κ2) is 6.01. The highest BCUT2D eigenvalue weighted by Gasteiger charge is 1.55. The average molecular weight is 111 g/mol. The van der Waals surface area contributed by atoms with E-state index in [1.807, 2.05) is 6.92 Å². The molecule has 0 radical (unpaired) electrons. The van der Waals surface area contributed by atoms with Gasteiger partial charge < -0.3 is 0 Å². The summed E-state index contributed by atoms with van der Waals surface area (Å²) in [5.74, 6) is 0. The molecule has 0 bridgehead atoms. The third-order valence-corrected chi connectivity index (χ3v) is 0.450. The van der Waals surface area contributed by atoms with Crippen molar-refractivity contribution in [3.63, 3.8) is 0 Å². The minimum atomic E-state index is 1.39. The Hall–Kier alpha value is -0.990. The standard InChI is InChI=1S/C5H9N3/c1-3-6-5-8-7-4-2/h3-5H,1-2H3/b6-3?,7-4-,8-5-. The molecule has 0 aromatic rings. The van der Waals surface area contributed by atoms with E-state index in [2.05, 4.69) is 15.2 Å². The Morgan fingerprint density at radius 3 is 2.25 bits per heavy atom. The van der Waals surface area contributed by atoms with Gasteiger partial charge in [0, 0.05) is 12.4 Å². The SMILES string of the molecule is CC=N/C=N\N=C/C. The molecule has 0 saturated carbocycles. The molecule has 0 aliphatic rings. The molecule has 0 heterocycles. The van der Waals surface area contributed by atoms with Gasteiger partial charge in [-0.1, -0.05) is 0 Å². The molecule has 3 heteroatoms. The van der Waals surface area contributed by atoms with Gasteiger partial charge in [0.05, 0.1) is 0 Å². The van der Waals surface area contributed by atoms with Gasteiger partial charge in [-0.3, -0.25) is 0 Å². The highest BCUT2D eigenvalue weighted by atomic mass is 15.2. The van der Waals surface area contributed by atoms with E-state index in [1.54, 1.807) is 19.4 Å². The molecule has 0 amide bonds. The van der Waals surface area contributed by atoms with E-state index >= 15 is 0 Å². The number of hydrogen-bond acceptors (Lipinski definition) is 2. The third-order valence-electron chi connectivity index (χ3n) is 0.450. The van der Waals surface area contributed by atoms with Crippen molar-refractivity contribution in [1.29, 1.82) is 0 Å². The molecule has 3 nitrogen and oxygen atoms in total. The summed E-state index contributed by atoms with van der Waals surface area (Å²) < 4.78 is 0. The molecule has 0 N–H and O–H groups in total. The molecule has 0 saturated heterocycles. The quantitative estimate of drug-likeness (QED) is 0.291. The summed E-state index contributed by atoms with van der Waals surface area (Å²) in [6.45, 7) is 3.62. The van der Waals surface area contributed by atoms with Gasteiger partial charge in [-0.25, -0.2) is 4.99 Å². The van der Waals surface area contributed by atoms with Gasteiger partial charge >= 0.3 is 0 Å². The summed E-state index contributed by atoms with van der Waals surface area (Å²) in [4.78, 5) is 3.68. The van der Waals surface area contributed by atoms with Gasteiger partial charge in [-0.2, -0.15) is 5.10 Å². The van der Waals surface area contributed by atoms with Crippen molar-refractivity contribution in [3.8, 4) is 0 Å². The van der Waals surface area contributed by atoms with Crippen LogP contribution in [-0.2, 0) is 0 Å². The summed E-state index contributed by atoms with van der Waals surface area (Å²) in [6, 6.07) is 0. The molecule has 0 aromatic heterocycles. The number of aliphatic imine (C=N–C) groups is 1. The first-order valence-electron chi connectivity index (χ1n) is 2.39. The Morgan fingerprint density at radius 1 is 1.00 bits per heavy atom. The van der Waals surface area contributed by atoms with Crippen LogP contribution in [0.3, 0.4) is 0 Å². The van der Waals surface area contributed by atoms with Crippen molar-refractivity contribution in [2.45, 2.75) is 13.8 Å². The maximum Gasteiger partial charge on any atom is 0.137 e. The van der Waals surface area contributed by atoms with E-state index in [0.29, 0.717) is 0 Å². The molecule has 0 fully saturated rings. The number of rotatable bonds is 2. The molecule has 0 aliphatic carbocycles. The Morgan fingerprint density at radius 2 is 1.75 bits per heavy atom. The largest absolute Gasteiger partial charge is 0.248 e. The second-order valence-electron chi connectivity index (χ2n) is 1.01. The van der Waals surface area contributed by atoms with Gasteiger partial charge in [0.15, 0.2) is 0 Å². The van der Waals surface area contributed by atoms with Crippen LogP contribution in [0.4, 0.5) is 0 Å². The van der Waals surface area contributed by atoms with Crippen LogP contribution >= 0.6 is 0 Å². The molecular formula is C5H9N3. The molecular weight excluding hydrogens is 102 g/mol. The first-order chi connectivity index (χ1) is 3.91. The summed E-state index contributed by atoms with van der Waals surface area (Å²) in [6.07, 6.45) is 4.64. The lowest BCUT2D eigenvalue weighted by molar-refractivity contribution is 1.25. The number of nitrogens with zero attached hydrogens (tertiary/aromatic N) is 3. The van der Waals surface area contributed by atoms with Gasteiger partial charge in [0.2, 0.25) is 0 Å². The Labute approximate surface area is 48.9 Å². The lowest BCUT2D eigenvalue weighted by Gasteiger charge is -1.69. The van der Waals surface area contributed by atoms with E-state index < -0.39 is 0 Å². The molecule has 0 unspecified atom stereocenters. The van der Waals surface area contributed by atoms with E-state index in [1.165, 1.54) is 6.34 Å². The molecule has 0 aromatic carbocycles. The molecule has 0 atom stereocenters. The highest BCUT2D eigenvalue weighted by Crippen LogP contribution is 1.65. The van der Waals surface area contributed by atoms with Crippen LogP contribution in [0.25, 0.3) is 0 Å². The lowest BCUT2D eigenvalue weighted by atomic mass is 10.9. The fourth-order valence-corrected chi connectivity index (χ4v) is 0.193. The second-order valence-corrected chi connectivity index (χ2v) is 1.01. The van der Waals surface area contributed by atoms with Crippen molar-refractivity contribution in [1.82, 2.24) is 0 Å². The van der Waals surface area contributed by atoms with E-state index in [0.717, 1.165) is 0 Å². The van der Waals surface area contributed by atoms with Crippen LogP contribution in [0.1, 0.15) is 13.8 Å². The predicted molar refractivity (Wildman–Crippen MR) is 36.8 cm³/mol. The first-order valence-corrected chi connectivity index (χ1v) is 2.39. The lowest BCUT2D eigenvalue weighted by Crippen LogP contribution is -1.63. The van der Waals surface area contributed by atoms with Gasteiger partial charge in [0.25, 0.3) is 0 Å². The molecule has 8 heavy (non-hydrogen) atoms. The maximum atomic E-state index is 3.68. The van der Waals surface area contributed by atoms with Crippen molar-refractivity contribution in [2.75, 3.05) is 0 Å². The molecule has 0 rings (SSSR count). The summed E-state index contributed by atoms with van der Waals surface area (Å²) >= 11 is 0. The maximum absolute atomic E-state index is 3.68. The average Bonchev–Trinajstić information content (AvgIpc) is 1.81. The smallest absolute Gasteiger partial charge is 0.137 e. The summed E-state index contributed by atoms with van der Waals surface area (Å²) in [5.41, 5.74) is 0. The zero-order valence-corrected chi connectivity index (χ0v) is 5.07. The fraction of sp³-hybridized carbons (Fsp3) is 0.400. The van der Waals surface area contributed by atoms with Crippen molar-refractivity contribution in [2.24, 2.45) is 15.2 Å². The normalized spacial score (nSPS) is 12.8.